The van der Waals surface area contributed by atoms with Crippen molar-refractivity contribution >= 4 is 15.7 Å². The van der Waals surface area contributed by atoms with E-state index in [9.17, 15) is 8.42 Å². The summed E-state index contributed by atoms with van der Waals surface area (Å²) in [5.74, 6) is 0.00259. The molecule has 0 radical (unpaired) electrons. The van der Waals surface area contributed by atoms with Gasteiger partial charge in [-0.3, -0.25) is 9.71 Å². The van der Waals surface area contributed by atoms with Crippen molar-refractivity contribution in [3.05, 3.63) is 23.5 Å². The Kier molecular flexibility index (Phi) is 1.38. The molecule has 0 aliphatic carbocycles. The van der Waals surface area contributed by atoms with Crippen LogP contribution in [-0.4, -0.2) is 13.4 Å². The SMILES string of the molecule is Cc1cnc2c(c1)NS(=O)(=O)C2. The largest absolute Gasteiger partial charge is 0.281 e. The number of aromatic nitrogens is 1. The average molecular weight is 184 g/mol. The molecule has 1 N–H and O–H groups in total. The van der Waals surface area contributed by atoms with Crippen LogP contribution < -0.4 is 4.72 Å². The van der Waals surface area contributed by atoms with Gasteiger partial charge in [-0.15, -0.1) is 0 Å². The summed E-state index contributed by atoms with van der Waals surface area (Å²) in [4.78, 5) is 4.01. The number of aryl methyl sites for hydroxylation is 1. The minimum absolute atomic E-state index is 0.00259. The predicted octanol–water partition coefficient (Wildman–Crippen LogP) is 0.645. The Balaban J connectivity index is 2.56. The zero-order chi connectivity index (χ0) is 8.77. The molecule has 0 saturated heterocycles. The molecule has 0 unspecified atom stereocenters. The first-order valence-electron chi connectivity index (χ1n) is 3.53. The lowest BCUT2D eigenvalue weighted by Crippen LogP contribution is -2.05. The fourth-order valence-electron chi connectivity index (χ4n) is 1.18. The quantitative estimate of drug-likeness (QED) is 0.643. The number of fused-ring (bicyclic) bond motifs is 1. The van der Waals surface area contributed by atoms with E-state index < -0.39 is 10.0 Å². The number of nitrogens with zero attached hydrogens (tertiary/aromatic N) is 1. The van der Waals surface area contributed by atoms with Crippen molar-refractivity contribution in [3.63, 3.8) is 0 Å². The van der Waals surface area contributed by atoms with Crippen LogP contribution in [0.25, 0.3) is 0 Å². The molecule has 0 bridgehead atoms. The minimum atomic E-state index is -3.13. The van der Waals surface area contributed by atoms with E-state index in [1.807, 2.05) is 6.92 Å². The topological polar surface area (TPSA) is 59.1 Å². The van der Waals surface area contributed by atoms with Crippen LogP contribution in [0.1, 0.15) is 11.3 Å². The Bertz CT molecular complexity index is 425. The van der Waals surface area contributed by atoms with Crippen LogP contribution in [0.2, 0.25) is 0 Å². The first-order chi connectivity index (χ1) is 5.57. The van der Waals surface area contributed by atoms with Crippen molar-refractivity contribution in [3.8, 4) is 0 Å². The molecule has 1 aliphatic rings. The lowest BCUT2D eigenvalue weighted by molar-refractivity contribution is 0.602. The van der Waals surface area contributed by atoms with Crippen molar-refractivity contribution in [2.24, 2.45) is 0 Å². The zero-order valence-corrected chi connectivity index (χ0v) is 7.35. The Morgan fingerprint density at radius 3 is 3.08 bits per heavy atom. The fraction of sp³-hybridized carbons (Fsp3) is 0.286. The molecule has 2 heterocycles. The maximum Gasteiger partial charge on any atom is 0.238 e. The maximum absolute atomic E-state index is 11.0. The molecule has 4 nitrogen and oxygen atoms in total. The molecule has 12 heavy (non-hydrogen) atoms. The van der Waals surface area contributed by atoms with Crippen molar-refractivity contribution < 1.29 is 8.42 Å². The molecule has 64 valence electrons. The smallest absolute Gasteiger partial charge is 0.238 e. The summed E-state index contributed by atoms with van der Waals surface area (Å²) in [6.07, 6.45) is 1.67. The van der Waals surface area contributed by atoms with Gasteiger partial charge in [-0.05, 0) is 18.6 Å². The van der Waals surface area contributed by atoms with Crippen LogP contribution in [0.3, 0.4) is 0 Å². The zero-order valence-electron chi connectivity index (χ0n) is 6.53. The summed E-state index contributed by atoms with van der Waals surface area (Å²) in [7, 11) is -3.13. The predicted molar refractivity (Wildman–Crippen MR) is 45.2 cm³/mol. The highest BCUT2D eigenvalue weighted by molar-refractivity contribution is 7.92. The van der Waals surface area contributed by atoms with E-state index in [2.05, 4.69) is 9.71 Å². The second-order valence-corrected chi connectivity index (χ2v) is 4.59. The third kappa shape index (κ3) is 1.16. The van der Waals surface area contributed by atoms with Crippen molar-refractivity contribution in [2.45, 2.75) is 12.7 Å². The van der Waals surface area contributed by atoms with Gasteiger partial charge < -0.3 is 0 Å². The summed E-state index contributed by atoms with van der Waals surface area (Å²) in [6.45, 7) is 1.87. The molecule has 0 aromatic carbocycles. The van der Waals surface area contributed by atoms with Gasteiger partial charge >= 0.3 is 0 Å². The van der Waals surface area contributed by atoms with E-state index in [1.165, 1.54) is 0 Å². The second-order valence-electron chi connectivity index (χ2n) is 2.87. The average Bonchev–Trinajstić information content (AvgIpc) is 2.21. The summed E-state index contributed by atoms with van der Waals surface area (Å²) in [6, 6.07) is 1.78. The Morgan fingerprint density at radius 2 is 2.33 bits per heavy atom. The van der Waals surface area contributed by atoms with Crippen molar-refractivity contribution in [1.29, 1.82) is 0 Å². The summed E-state index contributed by atoms with van der Waals surface area (Å²) in [5.41, 5.74) is 2.19. The first-order valence-corrected chi connectivity index (χ1v) is 5.18. The normalized spacial score (nSPS) is 18.4. The van der Waals surface area contributed by atoms with Crippen molar-refractivity contribution in [1.82, 2.24) is 4.98 Å². The molecule has 1 aliphatic heterocycles. The number of hydrogen-bond acceptors (Lipinski definition) is 3. The van der Waals surface area contributed by atoms with Gasteiger partial charge in [0.05, 0.1) is 11.4 Å². The number of sulfonamides is 1. The molecular formula is C7H8N2O2S. The van der Waals surface area contributed by atoms with Crippen LogP contribution in [0.15, 0.2) is 12.3 Å². The Labute approximate surface area is 70.7 Å². The van der Waals surface area contributed by atoms with Gasteiger partial charge in [0.15, 0.2) is 0 Å². The third-order valence-corrected chi connectivity index (χ3v) is 2.88. The van der Waals surface area contributed by atoms with Crippen molar-refractivity contribution in [2.75, 3.05) is 4.72 Å². The van der Waals surface area contributed by atoms with Crippen LogP contribution in [0.4, 0.5) is 5.69 Å². The van der Waals surface area contributed by atoms with Gasteiger partial charge in [0.25, 0.3) is 0 Å². The van der Waals surface area contributed by atoms with Gasteiger partial charge in [0, 0.05) is 6.20 Å². The minimum Gasteiger partial charge on any atom is -0.281 e. The van der Waals surface area contributed by atoms with Crippen LogP contribution in [0, 0.1) is 6.92 Å². The molecule has 0 atom stereocenters. The van der Waals surface area contributed by atoms with Gasteiger partial charge in [0.2, 0.25) is 10.0 Å². The summed E-state index contributed by atoms with van der Waals surface area (Å²) >= 11 is 0. The van der Waals surface area contributed by atoms with Gasteiger partial charge in [-0.1, -0.05) is 0 Å². The first kappa shape index (κ1) is 7.54. The number of hydrogen-bond donors (Lipinski definition) is 1. The number of rotatable bonds is 0. The summed E-state index contributed by atoms with van der Waals surface area (Å²) < 4.78 is 24.5. The van der Waals surface area contributed by atoms with E-state index in [4.69, 9.17) is 0 Å². The highest BCUT2D eigenvalue weighted by Crippen LogP contribution is 2.25. The maximum atomic E-state index is 11.0. The molecule has 0 amide bonds. The number of nitrogens with one attached hydrogen (secondary N) is 1. The molecule has 0 saturated carbocycles. The highest BCUT2D eigenvalue weighted by Gasteiger charge is 2.24. The van der Waals surface area contributed by atoms with E-state index in [-0.39, 0.29) is 5.75 Å². The molecule has 1 aromatic rings. The molecule has 0 spiro atoms. The molecule has 2 rings (SSSR count). The van der Waals surface area contributed by atoms with Gasteiger partial charge in [-0.2, -0.15) is 0 Å². The van der Waals surface area contributed by atoms with Crippen LogP contribution in [0.5, 0.6) is 0 Å². The van der Waals surface area contributed by atoms with Gasteiger partial charge in [0.1, 0.15) is 5.75 Å². The Morgan fingerprint density at radius 1 is 1.58 bits per heavy atom. The third-order valence-electron chi connectivity index (χ3n) is 1.70. The molecular weight excluding hydrogens is 176 g/mol. The van der Waals surface area contributed by atoms with Gasteiger partial charge in [-0.25, -0.2) is 8.42 Å². The molecule has 1 aromatic heterocycles. The van der Waals surface area contributed by atoms with E-state index in [0.29, 0.717) is 11.4 Å². The fourth-order valence-corrected chi connectivity index (χ4v) is 2.36. The molecule has 0 fully saturated rings. The van der Waals surface area contributed by atoms with E-state index in [1.54, 1.807) is 12.3 Å². The van der Waals surface area contributed by atoms with Crippen LogP contribution in [-0.2, 0) is 15.8 Å². The van der Waals surface area contributed by atoms with E-state index in [0.717, 1.165) is 5.56 Å². The second kappa shape index (κ2) is 2.20. The standard InChI is InChI=1S/C7H8N2O2S/c1-5-2-6-7(8-3-5)4-12(10,11)9-6/h2-3,9H,4H2,1H3. The lowest BCUT2D eigenvalue weighted by atomic mass is 10.2. The number of anilines is 1. The number of pyridine rings is 1. The van der Waals surface area contributed by atoms with Crippen LogP contribution >= 0.6 is 0 Å². The highest BCUT2D eigenvalue weighted by atomic mass is 32.2. The summed E-state index contributed by atoms with van der Waals surface area (Å²) in [5, 5.41) is 0. The molecule has 5 heteroatoms. The Hall–Kier alpha value is -1.10. The van der Waals surface area contributed by atoms with E-state index >= 15 is 0 Å². The lowest BCUT2D eigenvalue weighted by Gasteiger charge is -1.96. The monoisotopic (exact) mass is 184 g/mol.